The van der Waals surface area contributed by atoms with E-state index in [1.54, 1.807) is 30.3 Å². The summed E-state index contributed by atoms with van der Waals surface area (Å²) in [6.07, 6.45) is 0. The van der Waals surface area contributed by atoms with Crippen molar-refractivity contribution in [3.8, 4) is 28.7 Å². The lowest BCUT2D eigenvalue weighted by atomic mass is 10.0. The van der Waals surface area contributed by atoms with Gasteiger partial charge in [-0.25, -0.2) is 4.79 Å². The molecule has 0 saturated heterocycles. The van der Waals surface area contributed by atoms with Crippen LogP contribution in [0.15, 0.2) is 77.0 Å². The number of carboxylic acids is 1. The van der Waals surface area contributed by atoms with Gasteiger partial charge in [-0.05, 0) is 29.8 Å². The molecule has 4 rings (SSSR count). The Balaban J connectivity index is 1.70. The van der Waals surface area contributed by atoms with Crippen LogP contribution in [0.3, 0.4) is 0 Å². The Kier molecular flexibility index (Phi) is 8.23. The first kappa shape index (κ1) is 27.2. The summed E-state index contributed by atoms with van der Waals surface area (Å²) < 4.78 is 9.62. The topological polar surface area (TPSA) is 194 Å². The lowest BCUT2D eigenvalue weighted by Crippen LogP contribution is -2.16. The standard InChI is InChI=1S/C27H17N5O7S/c28-12-22-23(15-4-3-5-16(8-15)30-25(35)20-6-1-2-7-21(20)27(36)37)26(40-24(22)29)32-31-17-9-18(38-13-33)11-19(10-17)39-14-34/h1-11,13-14H,29H2,(H,30,35)(H,36,37). The number of nitrogens with one attached hydrogen (secondary N) is 1. The maximum absolute atomic E-state index is 12.8. The number of ether oxygens (including phenoxy) is 2. The van der Waals surface area contributed by atoms with Gasteiger partial charge in [-0.2, -0.15) is 5.26 Å². The predicted molar refractivity (Wildman–Crippen MR) is 144 cm³/mol. The van der Waals surface area contributed by atoms with E-state index < -0.39 is 11.9 Å². The SMILES string of the molecule is N#Cc1c(N)sc(N=Nc2cc(OC=O)cc(OC=O)c2)c1-c1cccc(NC(=O)c2ccccc2C(=O)O)c1. The molecule has 3 aromatic carbocycles. The molecule has 1 heterocycles. The number of rotatable bonds is 10. The first-order chi connectivity index (χ1) is 19.3. The van der Waals surface area contributed by atoms with Crippen LogP contribution in [-0.4, -0.2) is 29.9 Å². The highest BCUT2D eigenvalue weighted by Crippen LogP contribution is 2.45. The average Bonchev–Trinajstić information content (AvgIpc) is 3.27. The third kappa shape index (κ3) is 5.98. The van der Waals surface area contributed by atoms with Crippen molar-refractivity contribution in [3.63, 3.8) is 0 Å². The molecule has 198 valence electrons. The Morgan fingerprint density at radius 2 is 1.62 bits per heavy atom. The molecule has 0 radical (unpaired) electrons. The monoisotopic (exact) mass is 555 g/mol. The normalized spacial score (nSPS) is 10.5. The van der Waals surface area contributed by atoms with E-state index in [1.165, 1.54) is 36.4 Å². The van der Waals surface area contributed by atoms with Crippen LogP contribution in [-0.2, 0) is 9.59 Å². The predicted octanol–water partition coefficient (Wildman–Crippen LogP) is 5.31. The molecule has 40 heavy (non-hydrogen) atoms. The molecule has 0 aliphatic carbocycles. The van der Waals surface area contributed by atoms with E-state index in [-0.39, 0.29) is 56.8 Å². The quantitative estimate of drug-likeness (QED) is 0.172. The van der Waals surface area contributed by atoms with E-state index in [1.807, 2.05) is 0 Å². The number of hydrogen-bond donors (Lipinski definition) is 3. The third-order valence-corrected chi connectivity index (χ3v) is 6.23. The first-order valence-electron chi connectivity index (χ1n) is 11.2. The van der Waals surface area contributed by atoms with E-state index in [0.717, 1.165) is 11.3 Å². The van der Waals surface area contributed by atoms with Crippen molar-refractivity contribution in [1.82, 2.24) is 0 Å². The number of nitriles is 1. The number of amides is 1. The first-order valence-corrected chi connectivity index (χ1v) is 12.0. The summed E-state index contributed by atoms with van der Waals surface area (Å²) in [7, 11) is 0. The number of carbonyl (C=O) groups excluding carboxylic acids is 3. The number of anilines is 2. The number of thiophene rings is 1. The van der Waals surface area contributed by atoms with Crippen LogP contribution < -0.4 is 20.5 Å². The van der Waals surface area contributed by atoms with Crippen LogP contribution in [0.1, 0.15) is 26.3 Å². The molecule has 0 unspecified atom stereocenters. The fraction of sp³-hybridized carbons (Fsp3) is 0. The number of nitrogen functional groups attached to an aromatic ring is 1. The molecular weight excluding hydrogens is 538 g/mol. The molecule has 0 bridgehead atoms. The molecule has 0 fully saturated rings. The van der Waals surface area contributed by atoms with E-state index in [0.29, 0.717) is 16.8 Å². The van der Waals surface area contributed by atoms with E-state index >= 15 is 0 Å². The van der Waals surface area contributed by atoms with Crippen LogP contribution in [0.25, 0.3) is 11.1 Å². The Hall–Kier alpha value is -5.87. The lowest BCUT2D eigenvalue weighted by Gasteiger charge is -2.09. The molecule has 1 amide bonds. The van der Waals surface area contributed by atoms with Crippen LogP contribution in [0, 0.1) is 11.3 Å². The maximum Gasteiger partial charge on any atom is 0.336 e. The molecule has 0 atom stereocenters. The minimum absolute atomic E-state index is 0.0221. The van der Waals surface area contributed by atoms with Crippen LogP contribution >= 0.6 is 11.3 Å². The second kappa shape index (κ2) is 12.1. The molecule has 0 spiro atoms. The van der Waals surface area contributed by atoms with Gasteiger partial charge in [0.1, 0.15) is 27.6 Å². The van der Waals surface area contributed by atoms with Gasteiger partial charge in [0, 0.05) is 29.4 Å². The van der Waals surface area contributed by atoms with Crippen molar-refractivity contribution >= 4 is 57.5 Å². The number of carboxylic acid groups (broad SMARTS) is 1. The Labute approximate surface area is 229 Å². The van der Waals surface area contributed by atoms with Gasteiger partial charge in [-0.3, -0.25) is 14.4 Å². The van der Waals surface area contributed by atoms with Gasteiger partial charge in [0.25, 0.3) is 18.9 Å². The van der Waals surface area contributed by atoms with E-state index in [9.17, 15) is 29.5 Å². The number of nitrogens with two attached hydrogens (primary N) is 1. The minimum Gasteiger partial charge on any atom is -0.478 e. The molecular formula is C27H17N5O7S. The van der Waals surface area contributed by atoms with Crippen molar-refractivity contribution in [2.75, 3.05) is 11.1 Å². The molecule has 13 heteroatoms. The number of nitrogens with zero attached hydrogens (tertiary/aromatic N) is 3. The molecule has 0 saturated carbocycles. The number of aromatic carboxylic acids is 1. The highest BCUT2D eigenvalue weighted by molar-refractivity contribution is 7.20. The van der Waals surface area contributed by atoms with Crippen molar-refractivity contribution in [3.05, 3.63) is 83.4 Å². The van der Waals surface area contributed by atoms with Gasteiger partial charge in [-0.1, -0.05) is 35.6 Å². The Bertz CT molecular complexity index is 1680. The van der Waals surface area contributed by atoms with Crippen molar-refractivity contribution in [2.24, 2.45) is 10.2 Å². The molecule has 0 aliphatic rings. The van der Waals surface area contributed by atoms with E-state index in [4.69, 9.17) is 15.2 Å². The lowest BCUT2D eigenvalue weighted by molar-refractivity contribution is -0.121. The van der Waals surface area contributed by atoms with Crippen molar-refractivity contribution < 1.29 is 33.8 Å². The number of benzene rings is 3. The number of azo groups is 1. The smallest absolute Gasteiger partial charge is 0.336 e. The van der Waals surface area contributed by atoms with Crippen LogP contribution in [0.5, 0.6) is 11.5 Å². The summed E-state index contributed by atoms with van der Waals surface area (Å²) in [4.78, 5) is 45.9. The fourth-order valence-corrected chi connectivity index (χ4v) is 4.53. The van der Waals surface area contributed by atoms with Gasteiger partial charge in [-0.15, -0.1) is 10.2 Å². The Morgan fingerprint density at radius 1 is 0.950 bits per heavy atom. The van der Waals surface area contributed by atoms with E-state index in [2.05, 4.69) is 21.6 Å². The second-order valence-electron chi connectivity index (χ2n) is 7.81. The zero-order chi connectivity index (χ0) is 28.6. The fourth-order valence-electron chi connectivity index (χ4n) is 3.67. The van der Waals surface area contributed by atoms with Crippen LogP contribution in [0.4, 0.5) is 21.4 Å². The van der Waals surface area contributed by atoms with Gasteiger partial charge in [0.2, 0.25) is 0 Å². The minimum atomic E-state index is -1.24. The second-order valence-corrected chi connectivity index (χ2v) is 8.84. The largest absolute Gasteiger partial charge is 0.478 e. The van der Waals surface area contributed by atoms with Crippen molar-refractivity contribution in [1.29, 1.82) is 5.26 Å². The summed E-state index contributed by atoms with van der Waals surface area (Å²) in [5.74, 6) is -1.76. The van der Waals surface area contributed by atoms with Gasteiger partial charge in [0.05, 0.1) is 22.4 Å². The number of carbonyl (C=O) groups is 4. The van der Waals surface area contributed by atoms with Gasteiger partial charge < -0.3 is 25.6 Å². The van der Waals surface area contributed by atoms with Crippen LogP contribution in [0.2, 0.25) is 0 Å². The molecule has 4 N–H and O–H groups in total. The summed E-state index contributed by atoms with van der Waals surface area (Å²) in [5.41, 5.74) is 7.37. The Morgan fingerprint density at radius 3 is 2.25 bits per heavy atom. The zero-order valence-electron chi connectivity index (χ0n) is 20.2. The zero-order valence-corrected chi connectivity index (χ0v) is 21.0. The van der Waals surface area contributed by atoms with Crippen molar-refractivity contribution in [2.45, 2.75) is 0 Å². The highest BCUT2D eigenvalue weighted by atomic mass is 32.1. The third-order valence-electron chi connectivity index (χ3n) is 5.33. The summed E-state index contributed by atoms with van der Waals surface area (Å²) in [6.45, 7) is 0.397. The molecule has 0 aliphatic heterocycles. The molecule has 12 nitrogen and oxygen atoms in total. The molecule has 4 aromatic rings. The van der Waals surface area contributed by atoms with Gasteiger partial charge in [0.15, 0.2) is 0 Å². The summed E-state index contributed by atoms with van der Waals surface area (Å²) in [5, 5.41) is 30.6. The number of hydrogen-bond acceptors (Lipinski definition) is 11. The maximum atomic E-state index is 12.8. The summed E-state index contributed by atoms with van der Waals surface area (Å²) in [6, 6.07) is 18.4. The highest BCUT2D eigenvalue weighted by Gasteiger charge is 2.20. The molecule has 1 aromatic heterocycles. The summed E-state index contributed by atoms with van der Waals surface area (Å²) >= 11 is 0.998. The van der Waals surface area contributed by atoms with Gasteiger partial charge >= 0.3 is 5.97 Å². The average molecular weight is 556 g/mol.